The molecule has 0 fully saturated rings. The van der Waals surface area contributed by atoms with E-state index in [0.29, 0.717) is 17.7 Å². The first kappa shape index (κ1) is 17.2. The van der Waals surface area contributed by atoms with Crippen LogP contribution in [0.2, 0.25) is 0 Å². The second-order valence-electron chi connectivity index (χ2n) is 6.55. The number of para-hydroxylation sites is 1. The maximum absolute atomic E-state index is 12.3. The van der Waals surface area contributed by atoms with Crippen molar-refractivity contribution in [1.82, 2.24) is 0 Å². The molecule has 25 heavy (non-hydrogen) atoms. The number of benzene rings is 2. The highest BCUT2D eigenvalue weighted by Crippen LogP contribution is 2.40. The maximum atomic E-state index is 12.3. The predicted octanol–water partition coefficient (Wildman–Crippen LogP) is 4.26. The Morgan fingerprint density at radius 2 is 2.00 bits per heavy atom. The molecule has 1 aliphatic carbocycles. The summed E-state index contributed by atoms with van der Waals surface area (Å²) in [6.45, 7) is 5.99. The molecule has 2 aromatic rings. The average molecular weight is 337 g/mol. The number of ether oxygens (including phenoxy) is 1. The minimum atomic E-state index is -0.228. The van der Waals surface area contributed by atoms with E-state index in [-0.39, 0.29) is 24.2 Å². The first-order valence-electron chi connectivity index (χ1n) is 8.68. The molecule has 0 saturated carbocycles. The summed E-state index contributed by atoms with van der Waals surface area (Å²) in [6.07, 6.45) is 1.35. The van der Waals surface area contributed by atoms with Crippen LogP contribution in [0.15, 0.2) is 36.4 Å². The van der Waals surface area contributed by atoms with E-state index in [9.17, 15) is 9.59 Å². The fourth-order valence-corrected chi connectivity index (χ4v) is 3.51. The van der Waals surface area contributed by atoms with Crippen molar-refractivity contribution in [1.29, 1.82) is 0 Å². The SMILES string of the molecule is CCc1ccccc1NC(=O)COc1ccc(C)c2c1C(=O)CC2C. The standard InChI is InChI=1S/C21H23NO3/c1-4-15-7-5-6-8-16(15)22-19(24)12-25-18-10-9-13(2)20-14(3)11-17(23)21(18)20/h5-10,14H,4,11-12H2,1-3H3,(H,22,24). The van der Waals surface area contributed by atoms with Gasteiger partial charge in [0, 0.05) is 12.1 Å². The third-order valence-electron chi connectivity index (χ3n) is 4.72. The van der Waals surface area contributed by atoms with Crippen LogP contribution < -0.4 is 10.1 Å². The van der Waals surface area contributed by atoms with Crippen LogP contribution in [0.1, 0.15) is 53.2 Å². The van der Waals surface area contributed by atoms with Gasteiger partial charge in [-0.25, -0.2) is 0 Å². The van der Waals surface area contributed by atoms with Gasteiger partial charge in [-0.3, -0.25) is 9.59 Å². The van der Waals surface area contributed by atoms with Crippen molar-refractivity contribution in [3.63, 3.8) is 0 Å². The van der Waals surface area contributed by atoms with Gasteiger partial charge in [-0.1, -0.05) is 38.1 Å². The van der Waals surface area contributed by atoms with E-state index in [4.69, 9.17) is 4.74 Å². The Kier molecular flexibility index (Phi) is 4.88. The van der Waals surface area contributed by atoms with Crippen LogP contribution in [0.3, 0.4) is 0 Å². The minimum absolute atomic E-state index is 0.0953. The maximum Gasteiger partial charge on any atom is 0.262 e. The highest BCUT2D eigenvalue weighted by atomic mass is 16.5. The number of amides is 1. The van der Waals surface area contributed by atoms with Crippen molar-refractivity contribution in [3.05, 3.63) is 58.7 Å². The van der Waals surface area contributed by atoms with Gasteiger partial charge in [-0.05, 0) is 48.1 Å². The summed E-state index contributed by atoms with van der Waals surface area (Å²) in [5, 5.41) is 2.88. The molecule has 130 valence electrons. The van der Waals surface area contributed by atoms with Gasteiger partial charge >= 0.3 is 0 Å². The molecule has 1 aliphatic rings. The number of fused-ring (bicyclic) bond motifs is 1. The monoisotopic (exact) mass is 337 g/mol. The van der Waals surface area contributed by atoms with Crippen LogP contribution in [0, 0.1) is 6.92 Å². The van der Waals surface area contributed by atoms with Gasteiger partial charge in [0.15, 0.2) is 12.4 Å². The summed E-state index contributed by atoms with van der Waals surface area (Å²) < 4.78 is 5.70. The quantitative estimate of drug-likeness (QED) is 0.887. The van der Waals surface area contributed by atoms with Gasteiger partial charge in [-0.15, -0.1) is 0 Å². The fourth-order valence-electron chi connectivity index (χ4n) is 3.51. The zero-order valence-corrected chi connectivity index (χ0v) is 14.9. The predicted molar refractivity (Wildman–Crippen MR) is 98.5 cm³/mol. The lowest BCUT2D eigenvalue weighted by Crippen LogP contribution is -2.21. The number of aryl methyl sites for hydroxylation is 2. The molecule has 0 aromatic heterocycles. The van der Waals surface area contributed by atoms with Gasteiger partial charge in [-0.2, -0.15) is 0 Å². The van der Waals surface area contributed by atoms with Crippen LogP contribution in [-0.4, -0.2) is 18.3 Å². The Bertz CT molecular complexity index is 826. The molecule has 4 nitrogen and oxygen atoms in total. The molecule has 0 radical (unpaired) electrons. The molecule has 2 aromatic carbocycles. The fraction of sp³-hybridized carbons (Fsp3) is 0.333. The Balaban J connectivity index is 1.72. The number of hydrogen-bond acceptors (Lipinski definition) is 3. The number of rotatable bonds is 5. The third kappa shape index (κ3) is 3.43. The Hall–Kier alpha value is -2.62. The van der Waals surface area contributed by atoms with Gasteiger partial charge in [0.1, 0.15) is 5.75 Å². The van der Waals surface area contributed by atoms with Gasteiger partial charge < -0.3 is 10.1 Å². The smallest absolute Gasteiger partial charge is 0.262 e. The highest BCUT2D eigenvalue weighted by molar-refractivity contribution is 6.04. The number of ketones is 1. The van der Waals surface area contributed by atoms with E-state index in [1.54, 1.807) is 6.07 Å². The second-order valence-corrected chi connectivity index (χ2v) is 6.55. The van der Waals surface area contributed by atoms with E-state index in [0.717, 1.165) is 28.8 Å². The molecule has 0 heterocycles. The van der Waals surface area contributed by atoms with Crippen molar-refractivity contribution in [2.45, 2.75) is 39.5 Å². The Labute approximate surface area is 148 Å². The number of carbonyl (C=O) groups is 2. The molecule has 0 bridgehead atoms. The van der Waals surface area contributed by atoms with Crippen molar-refractivity contribution >= 4 is 17.4 Å². The number of anilines is 1. The van der Waals surface area contributed by atoms with Crippen LogP contribution in [0.5, 0.6) is 5.75 Å². The number of hydrogen-bond donors (Lipinski definition) is 1. The lowest BCUT2D eigenvalue weighted by molar-refractivity contribution is -0.118. The van der Waals surface area contributed by atoms with Crippen LogP contribution >= 0.6 is 0 Å². The lowest BCUT2D eigenvalue weighted by atomic mass is 9.97. The summed E-state index contributed by atoms with van der Waals surface area (Å²) in [5.41, 5.74) is 4.68. The van der Waals surface area contributed by atoms with Gasteiger partial charge in [0.25, 0.3) is 5.91 Å². The van der Waals surface area contributed by atoms with E-state index in [2.05, 4.69) is 12.2 Å². The van der Waals surface area contributed by atoms with Crippen molar-refractivity contribution in [3.8, 4) is 5.75 Å². The average Bonchev–Trinajstić information content (AvgIpc) is 2.90. The second kappa shape index (κ2) is 7.09. The molecular formula is C21H23NO3. The summed E-state index contributed by atoms with van der Waals surface area (Å²) in [7, 11) is 0. The summed E-state index contributed by atoms with van der Waals surface area (Å²) >= 11 is 0. The van der Waals surface area contributed by atoms with Crippen LogP contribution in [-0.2, 0) is 11.2 Å². The van der Waals surface area contributed by atoms with Crippen molar-refractivity contribution < 1.29 is 14.3 Å². The first-order chi connectivity index (χ1) is 12.0. The summed E-state index contributed by atoms with van der Waals surface area (Å²) in [6, 6.07) is 11.5. The molecule has 0 spiro atoms. The first-order valence-corrected chi connectivity index (χ1v) is 8.68. The summed E-state index contributed by atoms with van der Waals surface area (Å²) in [4.78, 5) is 24.5. The third-order valence-corrected chi connectivity index (χ3v) is 4.72. The number of Topliss-reactive ketones (excluding diaryl/α,β-unsaturated/α-hetero) is 1. The minimum Gasteiger partial charge on any atom is -0.483 e. The lowest BCUT2D eigenvalue weighted by Gasteiger charge is -2.14. The largest absolute Gasteiger partial charge is 0.483 e. The Morgan fingerprint density at radius 3 is 2.76 bits per heavy atom. The molecule has 0 saturated heterocycles. The van der Waals surface area contributed by atoms with E-state index >= 15 is 0 Å². The van der Waals surface area contributed by atoms with Crippen LogP contribution in [0.25, 0.3) is 0 Å². The van der Waals surface area contributed by atoms with Gasteiger partial charge in [0.2, 0.25) is 0 Å². The zero-order valence-electron chi connectivity index (χ0n) is 14.9. The molecule has 1 amide bonds. The van der Waals surface area contributed by atoms with E-state index in [1.807, 2.05) is 44.2 Å². The number of nitrogens with one attached hydrogen (secondary N) is 1. The number of carbonyl (C=O) groups excluding carboxylic acids is 2. The highest BCUT2D eigenvalue weighted by Gasteiger charge is 2.31. The molecule has 0 aliphatic heterocycles. The normalized spacial score (nSPS) is 15.8. The summed E-state index contributed by atoms with van der Waals surface area (Å²) in [5.74, 6) is 0.580. The molecule has 1 N–H and O–H groups in total. The molecule has 4 heteroatoms. The topological polar surface area (TPSA) is 55.4 Å². The molecule has 1 unspecified atom stereocenters. The Morgan fingerprint density at radius 1 is 1.24 bits per heavy atom. The van der Waals surface area contributed by atoms with E-state index < -0.39 is 0 Å². The van der Waals surface area contributed by atoms with Crippen molar-refractivity contribution in [2.24, 2.45) is 0 Å². The van der Waals surface area contributed by atoms with Gasteiger partial charge in [0.05, 0.1) is 5.56 Å². The van der Waals surface area contributed by atoms with E-state index in [1.165, 1.54) is 0 Å². The molecular weight excluding hydrogens is 314 g/mol. The molecule has 3 rings (SSSR count). The molecule has 1 atom stereocenters. The van der Waals surface area contributed by atoms with Crippen molar-refractivity contribution in [2.75, 3.05) is 11.9 Å². The zero-order chi connectivity index (χ0) is 18.0. The van der Waals surface area contributed by atoms with Crippen LogP contribution in [0.4, 0.5) is 5.69 Å².